The zero-order chi connectivity index (χ0) is 13.2. The number of aromatic nitrogens is 3. The molecule has 0 radical (unpaired) electrons. The smallest absolute Gasteiger partial charge is 0.332 e. The van der Waals surface area contributed by atoms with E-state index in [0.717, 1.165) is 4.90 Å². The molecule has 8 heteroatoms. The first-order valence-electron chi connectivity index (χ1n) is 5.25. The Labute approximate surface area is 102 Å². The summed E-state index contributed by atoms with van der Waals surface area (Å²) in [7, 11) is 0. The first kappa shape index (κ1) is 14.0. The zero-order valence-electron chi connectivity index (χ0n) is 9.88. The van der Waals surface area contributed by atoms with Gasteiger partial charge in [0, 0.05) is 12.6 Å². The second-order valence-electron chi connectivity index (χ2n) is 3.92. The molecule has 0 spiro atoms. The molecule has 17 heavy (non-hydrogen) atoms. The summed E-state index contributed by atoms with van der Waals surface area (Å²) in [5, 5.41) is 6.39. The number of hydrogen-bond donors (Lipinski definition) is 1. The van der Waals surface area contributed by atoms with Crippen LogP contribution in [0.4, 0.5) is 19.1 Å². The van der Waals surface area contributed by atoms with Gasteiger partial charge in [0.25, 0.3) is 0 Å². The molecule has 0 fully saturated rings. The number of H-pyrrole nitrogens is 1. The molecule has 4 nitrogen and oxygen atoms in total. The van der Waals surface area contributed by atoms with E-state index in [9.17, 15) is 13.2 Å². The van der Waals surface area contributed by atoms with Gasteiger partial charge in [0.15, 0.2) is 4.77 Å². The summed E-state index contributed by atoms with van der Waals surface area (Å²) in [6.07, 6.45) is -4.26. The highest BCUT2D eigenvalue weighted by Gasteiger charge is 2.32. The number of aromatic amines is 1. The Kier molecular flexibility index (Phi) is 4.18. The van der Waals surface area contributed by atoms with Crippen LogP contribution in [0.3, 0.4) is 0 Å². The van der Waals surface area contributed by atoms with Gasteiger partial charge in [0.05, 0.1) is 0 Å². The number of nitrogens with one attached hydrogen (secondary N) is 1. The SMILES string of the molecule is CCN(CC(F)(F)F)c1n[nH]c(=S)n1C(C)C. The van der Waals surface area contributed by atoms with E-state index in [1.807, 2.05) is 13.8 Å². The summed E-state index contributed by atoms with van der Waals surface area (Å²) in [6.45, 7) is 4.52. The van der Waals surface area contributed by atoms with Crippen LogP contribution in [0.25, 0.3) is 0 Å². The average molecular weight is 268 g/mol. The molecule has 1 rings (SSSR count). The minimum Gasteiger partial charge on any atom is -0.332 e. The summed E-state index contributed by atoms with van der Waals surface area (Å²) in [4.78, 5) is 1.15. The first-order chi connectivity index (χ1) is 7.76. The molecule has 1 aromatic heterocycles. The van der Waals surface area contributed by atoms with Crippen LogP contribution in [0.1, 0.15) is 26.8 Å². The molecular weight excluding hydrogens is 253 g/mol. The predicted molar refractivity (Wildman–Crippen MR) is 61.7 cm³/mol. The molecular formula is C9H15F3N4S. The minimum absolute atomic E-state index is 0.0430. The van der Waals surface area contributed by atoms with Crippen LogP contribution in [0.2, 0.25) is 0 Å². The number of rotatable bonds is 4. The molecule has 0 unspecified atom stereocenters. The van der Waals surface area contributed by atoms with E-state index in [0.29, 0.717) is 4.77 Å². The van der Waals surface area contributed by atoms with Crippen molar-refractivity contribution >= 4 is 18.2 Å². The van der Waals surface area contributed by atoms with Gasteiger partial charge in [0.1, 0.15) is 6.54 Å². The Bertz CT molecular complexity index is 421. The zero-order valence-corrected chi connectivity index (χ0v) is 10.7. The fourth-order valence-corrected chi connectivity index (χ4v) is 1.86. The highest BCUT2D eigenvalue weighted by atomic mass is 32.1. The van der Waals surface area contributed by atoms with Crippen molar-refractivity contribution in [3.05, 3.63) is 4.77 Å². The molecule has 0 aliphatic rings. The third kappa shape index (κ3) is 3.45. The van der Waals surface area contributed by atoms with Gasteiger partial charge in [-0.15, -0.1) is 5.10 Å². The van der Waals surface area contributed by atoms with Crippen molar-refractivity contribution in [2.24, 2.45) is 0 Å². The Morgan fingerprint density at radius 2 is 2.06 bits per heavy atom. The third-order valence-electron chi connectivity index (χ3n) is 2.24. The van der Waals surface area contributed by atoms with Crippen molar-refractivity contribution in [3.63, 3.8) is 0 Å². The molecule has 0 aliphatic heterocycles. The quantitative estimate of drug-likeness (QED) is 0.853. The minimum atomic E-state index is -4.26. The van der Waals surface area contributed by atoms with E-state index < -0.39 is 12.7 Å². The molecule has 1 heterocycles. The average Bonchev–Trinajstić information content (AvgIpc) is 2.55. The lowest BCUT2D eigenvalue weighted by Crippen LogP contribution is -2.36. The standard InChI is InChI=1S/C9H15F3N4S/c1-4-15(5-9(10,11)12)7-13-14-8(17)16(7)6(2)3/h6H,4-5H2,1-3H3,(H,14,17). The van der Waals surface area contributed by atoms with Crippen LogP contribution < -0.4 is 4.90 Å². The van der Waals surface area contributed by atoms with E-state index in [4.69, 9.17) is 12.2 Å². The van der Waals surface area contributed by atoms with E-state index in [1.54, 1.807) is 11.5 Å². The van der Waals surface area contributed by atoms with Gasteiger partial charge in [-0.1, -0.05) is 0 Å². The lowest BCUT2D eigenvalue weighted by molar-refractivity contribution is -0.119. The maximum atomic E-state index is 12.4. The van der Waals surface area contributed by atoms with Gasteiger partial charge >= 0.3 is 6.18 Å². The van der Waals surface area contributed by atoms with Crippen molar-refractivity contribution in [2.75, 3.05) is 18.0 Å². The molecule has 1 N–H and O–H groups in total. The topological polar surface area (TPSA) is 36.9 Å². The summed E-state index contributed by atoms with van der Waals surface area (Å²) in [6, 6.07) is -0.0430. The number of anilines is 1. The fourth-order valence-electron chi connectivity index (χ4n) is 1.53. The van der Waals surface area contributed by atoms with Gasteiger partial charge in [-0.2, -0.15) is 13.2 Å². The maximum Gasteiger partial charge on any atom is 0.406 e. The lowest BCUT2D eigenvalue weighted by Gasteiger charge is -2.24. The highest BCUT2D eigenvalue weighted by molar-refractivity contribution is 7.71. The van der Waals surface area contributed by atoms with Crippen LogP contribution in [0.5, 0.6) is 0 Å². The fraction of sp³-hybridized carbons (Fsp3) is 0.778. The van der Waals surface area contributed by atoms with Gasteiger partial charge in [-0.05, 0) is 33.0 Å². The van der Waals surface area contributed by atoms with Crippen LogP contribution in [-0.4, -0.2) is 34.0 Å². The monoisotopic (exact) mass is 268 g/mol. The van der Waals surface area contributed by atoms with Crippen molar-refractivity contribution in [1.82, 2.24) is 14.8 Å². The number of nitrogens with zero attached hydrogens (tertiary/aromatic N) is 3. The summed E-state index contributed by atoms with van der Waals surface area (Å²) in [5.74, 6) is 0.227. The van der Waals surface area contributed by atoms with E-state index in [1.165, 1.54) is 0 Å². The largest absolute Gasteiger partial charge is 0.406 e. The molecule has 0 aromatic carbocycles. The number of halogens is 3. The van der Waals surface area contributed by atoms with Crippen molar-refractivity contribution in [2.45, 2.75) is 33.0 Å². The summed E-state index contributed by atoms with van der Waals surface area (Å²) < 4.78 is 39.1. The van der Waals surface area contributed by atoms with Gasteiger partial charge in [-0.3, -0.25) is 4.57 Å². The molecule has 0 aliphatic carbocycles. The predicted octanol–water partition coefficient (Wildman–Crippen LogP) is 2.91. The molecule has 0 amide bonds. The Hall–Kier alpha value is -1.05. The normalized spacial score (nSPS) is 12.2. The van der Waals surface area contributed by atoms with E-state index >= 15 is 0 Å². The number of hydrogen-bond acceptors (Lipinski definition) is 3. The van der Waals surface area contributed by atoms with E-state index in [-0.39, 0.29) is 18.5 Å². The highest BCUT2D eigenvalue weighted by Crippen LogP contribution is 2.22. The lowest BCUT2D eigenvalue weighted by atomic mass is 10.4. The molecule has 0 atom stereocenters. The Balaban J connectivity index is 3.08. The summed E-state index contributed by atoms with van der Waals surface area (Å²) in [5.41, 5.74) is 0. The van der Waals surface area contributed by atoms with Crippen LogP contribution in [0, 0.1) is 4.77 Å². The Morgan fingerprint density at radius 1 is 1.47 bits per heavy atom. The molecule has 0 bridgehead atoms. The van der Waals surface area contributed by atoms with Gasteiger partial charge < -0.3 is 4.90 Å². The summed E-state index contributed by atoms with van der Waals surface area (Å²) >= 11 is 4.99. The van der Waals surface area contributed by atoms with Crippen LogP contribution in [0.15, 0.2) is 0 Å². The van der Waals surface area contributed by atoms with Gasteiger partial charge in [0.2, 0.25) is 5.95 Å². The van der Waals surface area contributed by atoms with Crippen molar-refractivity contribution < 1.29 is 13.2 Å². The molecule has 0 saturated carbocycles. The van der Waals surface area contributed by atoms with E-state index in [2.05, 4.69) is 10.2 Å². The molecule has 0 saturated heterocycles. The Morgan fingerprint density at radius 3 is 2.47 bits per heavy atom. The van der Waals surface area contributed by atoms with Crippen LogP contribution in [-0.2, 0) is 0 Å². The molecule has 98 valence electrons. The maximum absolute atomic E-state index is 12.4. The second-order valence-corrected chi connectivity index (χ2v) is 4.31. The van der Waals surface area contributed by atoms with Crippen molar-refractivity contribution in [1.29, 1.82) is 0 Å². The first-order valence-corrected chi connectivity index (χ1v) is 5.65. The van der Waals surface area contributed by atoms with Crippen LogP contribution >= 0.6 is 12.2 Å². The van der Waals surface area contributed by atoms with Gasteiger partial charge in [-0.25, -0.2) is 5.10 Å². The van der Waals surface area contributed by atoms with Crippen molar-refractivity contribution in [3.8, 4) is 0 Å². The second kappa shape index (κ2) is 5.07. The number of alkyl halides is 3. The molecule has 1 aromatic rings. The third-order valence-corrected chi connectivity index (χ3v) is 2.52.